The van der Waals surface area contributed by atoms with E-state index in [0.717, 1.165) is 12.1 Å². The molecule has 5 nitrogen and oxygen atoms in total. The van der Waals surface area contributed by atoms with Crippen LogP contribution in [0.15, 0.2) is 65.5 Å². The number of fused-ring (bicyclic) bond motifs is 1. The molecular weight excluding hydrogens is 464 g/mol. The molecule has 4 aromatic rings. The number of ether oxygens (including phenoxy) is 2. The van der Waals surface area contributed by atoms with Gasteiger partial charge < -0.3 is 14.0 Å². The molecule has 0 aliphatic heterocycles. The monoisotopic (exact) mass is 483 g/mol. The van der Waals surface area contributed by atoms with Crippen molar-refractivity contribution in [3.8, 4) is 22.8 Å². The average molecular weight is 484 g/mol. The Morgan fingerprint density at radius 3 is 2.41 bits per heavy atom. The number of Topliss-reactive ketones (excluding diaryl/α,β-unsaturated/α-hetero) is 1. The predicted octanol–water partition coefficient (Wildman–Crippen LogP) is 5.80. The van der Waals surface area contributed by atoms with E-state index in [0.29, 0.717) is 33.5 Å². The van der Waals surface area contributed by atoms with E-state index in [2.05, 4.69) is 0 Å². The number of rotatable bonds is 7. The normalized spacial score (nSPS) is 11.0. The maximum Gasteiger partial charge on any atom is 0.231 e. The fourth-order valence-corrected chi connectivity index (χ4v) is 3.93. The molecule has 0 aliphatic rings. The minimum atomic E-state index is -1.03. The summed E-state index contributed by atoms with van der Waals surface area (Å²) in [6.07, 6.45) is 0. The van der Waals surface area contributed by atoms with E-state index in [4.69, 9.17) is 21.1 Å². The summed E-state index contributed by atoms with van der Waals surface area (Å²) >= 11 is 6.18. The van der Waals surface area contributed by atoms with E-state index in [-0.39, 0.29) is 35.2 Å². The summed E-state index contributed by atoms with van der Waals surface area (Å²) in [6, 6.07) is 15.1. The first kappa shape index (κ1) is 23.4. The van der Waals surface area contributed by atoms with Crippen molar-refractivity contribution in [1.82, 2.24) is 4.57 Å². The predicted molar refractivity (Wildman–Crippen MR) is 127 cm³/mol. The van der Waals surface area contributed by atoms with Crippen LogP contribution in [-0.2, 0) is 7.05 Å². The van der Waals surface area contributed by atoms with Crippen LogP contribution in [0.5, 0.6) is 11.5 Å². The third kappa shape index (κ3) is 4.52. The molecule has 8 heteroatoms. The fraction of sp³-hybridized carbons (Fsp3) is 0.154. The Bertz CT molecular complexity index is 1470. The molecular formula is C26H20ClF2NO4. The summed E-state index contributed by atoms with van der Waals surface area (Å²) in [5, 5.41) is 0.701. The molecule has 0 unspecified atom stereocenters. The summed E-state index contributed by atoms with van der Waals surface area (Å²) in [4.78, 5) is 24.7. The first-order chi connectivity index (χ1) is 16.3. The van der Waals surface area contributed by atoms with Crippen LogP contribution in [0.4, 0.5) is 8.78 Å². The van der Waals surface area contributed by atoms with Gasteiger partial charge in [0.05, 0.1) is 16.2 Å². The number of benzene rings is 3. The summed E-state index contributed by atoms with van der Waals surface area (Å²) in [6.45, 7) is 1.47. The highest BCUT2D eigenvalue weighted by molar-refractivity contribution is 6.32. The zero-order valence-corrected chi connectivity index (χ0v) is 19.2. The van der Waals surface area contributed by atoms with Gasteiger partial charge in [0.15, 0.2) is 23.2 Å². The van der Waals surface area contributed by atoms with Gasteiger partial charge in [0.2, 0.25) is 5.43 Å². The Morgan fingerprint density at radius 1 is 0.971 bits per heavy atom. The second-order valence-electron chi connectivity index (χ2n) is 7.61. The number of hydrogen-bond acceptors (Lipinski definition) is 4. The molecule has 174 valence electrons. The smallest absolute Gasteiger partial charge is 0.231 e. The number of aryl methyl sites for hydroxylation is 1. The van der Waals surface area contributed by atoms with E-state index in [9.17, 15) is 18.4 Å². The minimum absolute atomic E-state index is 0.00571. The van der Waals surface area contributed by atoms with Crippen LogP contribution in [0.2, 0.25) is 5.02 Å². The maximum absolute atomic E-state index is 14.0. The third-order valence-corrected chi connectivity index (χ3v) is 5.68. The van der Waals surface area contributed by atoms with E-state index in [1.165, 1.54) is 19.1 Å². The number of para-hydroxylation sites is 1. The molecule has 3 aromatic carbocycles. The van der Waals surface area contributed by atoms with Crippen LogP contribution in [-0.4, -0.2) is 23.6 Å². The van der Waals surface area contributed by atoms with Crippen molar-refractivity contribution in [3.05, 3.63) is 93.1 Å². The van der Waals surface area contributed by atoms with Gasteiger partial charge in [-0.25, -0.2) is 8.78 Å². The Balaban J connectivity index is 1.65. The maximum atomic E-state index is 14.0. The first-order valence-corrected chi connectivity index (χ1v) is 10.8. The molecule has 0 N–H and O–H groups in total. The molecule has 0 radical (unpaired) electrons. The highest BCUT2D eigenvalue weighted by atomic mass is 35.5. The lowest BCUT2D eigenvalue weighted by Crippen LogP contribution is -2.18. The van der Waals surface area contributed by atoms with E-state index in [1.54, 1.807) is 48.0 Å². The van der Waals surface area contributed by atoms with Crippen molar-refractivity contribution in [2.45, 2.75) is 6.92 Å². The van der Waals surface area contributed by atoms with Gasteiger partial charge in [-0.3, -0.25) is 9.59 Å². The molecule has 0 saturated heterocycles. The average Bonchev–Trinajstić information content (AvgIpc) is 2.82. The first-order valence-electron chi connectivity index (χ1n) is 10.4. The van der Waals surface area contributed by atoms with Gasteiger partial charge in [-0.2, -0.15) is 0 Å². The second kappa shape index (κ2) is 9.65. The Kier molecular flexibility index (Phi) is 6.65. The molecule has 1 heterocycles. The van der Waals surface area contributed by atoms with Gasteiger partial charge in [-0.1, -0.05) is 23.7 Å². The molecule has 0 saturated carbocycles. The number of ketones is 1. The molecule has 0 fully saturated rings. The zero-order valence-electron chi connectivity index (χ0n) is 18.4. The van der Waals surface area contributed by atoms with Crippen molar-refractivity contribution >= 4 is 28.3 Å². The van der Waals surface area contributed by atoms with Crippen molar-refractivity contribution in [2.24, 2.45) is 7.05 Å². The quantitative estimate of drug-likeness (QED) is 0.246. The summed E-state index contributed by atoms with van der Waals surface area (Å²) < 4.78 is 40.7. The van der Waals surface area contributed by atoms with Crippen molar-refractivity contribution < 1.29 is 23.0 Å². The third-order valence-electron chi connectivity index (χ3n) is 5.39. The topological polar surface area (TPSA) is 57.5 Å². The van der Waals surface area contributed by atoms with E-state index >= 15 is 0 Å². The number of carbonyl (C=O) groups is 1. The van der Waals surface area contributed by atoms with Crippen LogP contribution < -0.4 is 14.9 Å². The van der Waals surface area contributed by atoms with Crippen molar-refractivity contribution in [2.75, 3.05) is 13.2 Å². The summed E-state index contributed by atoms with van der Waals surface area (Å²) in [5.41, 5.74) is 1.31. The SMILES string of the molecule is CC(=O)c1ccc(OCCOc2c(-c3ccc(F)c(F)c3)n(C)c3ccccc3c2=O)c(Cl)c1. The van der Waals surface area contributed by atoms with Crippen LogP contribution in [0.3, 0.4) is 0 Å². The molecule has 0 amide bonds. The van der Waals surface area contributed by atoms with Gasteiger partial charge in [-0.05, 0) is 55.5 Å². The lowest BCUT2D eigenvalue weighted by molar-refractivity contribution is 0.101. The van der Waals surface area contributed by atoms with Crippen LogP contribution in [0, 0.1) is 11.6 Å². The fourth-order valence-electron chi connectivity index (χ4n) is 3.70. The largest absolute Gasteiger partial charge is 0.488 e. The van der Waals surface area contributed by atoms with E-state index < -0.39 is 11.6 Å². The van der Waals surface area contributed by atoms with Crippen molar-refractivity contribution in [1.29, 1.82) is 0 Å². The Morgan fingerprint density at radius 2 is 1.71 bits per heavy atom. The molecule has 1 aromatic heterocycles. The zero-order chi connectivity index (χ0) is 24.4. The van der Waals surface area contributed by atoms with Crippen LogP contribution in [0.1, 0.15) is 17.3 Å². The number of carbonyl (C=O) groups excluding carboxylic acids is 1. The van der Waals surface area contributed by atoms with Gasteiger partial charge in [0, 0.05) is 23.6 Å². The lowest BCUT2D eigenvalue weighted by Gasteiger charge is -2.18. The number of aromatic nitrogens is 1. The highest BCUT2D eigenvalue weighted by Crippen LogP contribution is 2.31. The van der Waals surface area contributed by atoms with Gasteiger partial charge in [-0.15, -0.1) is 0 Å². The minimum Gasteiger partial charge on any atom is -0.488 e. The number of hydrogen-bond donors (Lipinski definition) is 0. The highest BCUT2D eigenvalue weighted by Gasteiger charge is 2.19. The Hall–Kier alpha value is -3.71. The van der Waals surface area contributed by atoms with Crippen LogP contribution >= 0.6 is 11.6 Å². The summed E-state index contributed by atoms with van der Waals surface area (Å²) in [7, 11) is 1.72. The number of halogens is 3. The van der Waals surface area contributed by atoms with Crippen molar-refractivity contribution in [3.63, 3.8) is 0 Å². The van der Waals surface area contributed by atoms with Gasteiger partial charge >= 0.3 is 0 Å². The molecule has 0 aliphatic carbocycles. The second-order valence-corrected chi connectivity index (χ2v) is 8.02. The Labute approximate surface area is 199 Å². The molecule has 4 rings (SSSR count). The van der Waals surface area contributed by atoms with Crippen LogP contribution in [0.25, 0.3) is 22.2 Å². The summed E-state index contributed by atoms with van der Waals surface area (Å²) in [5.74, 6) is -1.78. The molecule has 0 bridgehead atoms. The number of pyridine rings is 1. The molecule has 0 spiro atoms. The number of nitrogens with zero attached hydrogens (tertiary/aromatic N) is 1. The van der Waals surface area contributed by atoms with Gasteiger partial charge in [0.1, 0.15) is 19.0 Å². The lowest BCUT2D eigenvalue weighted by atomic mass is 10.1. The molecule has 34 heavy (non-hydrogen) atoms. The van der Waals surface area contributed by atoms with Gasteiger partial charge in [0.25, 0.3) is 0 Å². The van der Waals surface area contributed by atoms with E-state index in [1.807, 2.05) is 0 Å². The molecule has 0 atom stereocenters. The standard InChI is InChI=1S/C26H20ClF2NO4/c1-15(31)16-8-10-23(19(27)13-16)33-11-12-34-26-24(17-7-9-20(28)21(29)14-17)30(2)22-6-4-3-5-18(22)25(26)32/h3-10,13-14H,11-12H2,1-2H3.